The summed E-state index contributed by atoms with van der Waals surface area (Å²) in [4.78, 5) is 25.6. The fourth-order valence-corrected chi connectivity index (χ4v) is 4.09. The van der Waals surface area contributed by atoms with Gasteiger partial charge in [-0.1, -0.05) is 6.07 Å². The Morgan fingerprint density at radius 1 is 1.21 bits per heavy atom. The Kier molecular flexibility index (Phi) is 5.15. The number of aromatic hydroxyl groups is 1. The van der Waals surface area contributed by atoms with E-state index in [9.17, 15) is 35.0 Å². The summed E-state index contributed by atoms with van der Waals surface area (Å²) >= 11 is 0. The number of carbonyl (C=O) groups is 2. The van der Waals surface area contributed by atoms with Gasteiger partial charge in [0.05, 0.1) is 25.2 Å². The highest BCUT2D eigenvalue weighted by Gasteiger charge is 2.48. The van der Waals surface area contributed by atoms with Gasteiger partial charge in [-0.25, -0.2) is 4.79 Å². The number of carbonyl (C=O) groups excluding carboxylic acids is 1. The van der Waals surface area contributed by atoms with Gasteiger partial charge in [0.2, 0.25) is 5.91 Å². The Labute approximate surface area is 166 Å². The summed E-state index contributed by atoms with van der Waals surface area (Å²) in [6.45, 7) is 0.957. The van der Waals surface area contributed by atoms with Crippen LogP contribution < -0.4 is 10.1 Å². The summed E-state index contributed by atoms with van der Waals surface area (Å²) in [7, 11) is -1.52. The molecule has 1 saturated carbocycles. The van der Waals surface area contributed by atoms with Crippen molar-refractivity contribution < 1.29 is 39.7 Å². The highest BCUT2D eigenvalue weighted by atomic mass is 16.5. The Hall–Kier alpha value is -2.34. The van der Waals surface area contributed by atoms with Crippen molar-refractivity contribution in [2.45, 2.75) is 42.8 Å². The standard InChI is InChI=1S/C18H23BN2O8/c22-8-3-13(20-5-8)17(24)21-6-9(7-21)29-14-2-1-10(11-4-12(11)19(27)28)16(23)15(14)18(25)26/h1-2,8-9,11-13,20,22-23,27-28H,3-7H2,(H,25,26)/t8?,11-,12-,13?/m0/s1. The van der Waals surface area contributed by atoms with Gasteiger partial charge in [-0.3, -0.25) is 4.79 Å². The highest BCUT2D eigenvalue weighted by molar-refractivity contribution is 6.44. The van der Waals surface area contributed by atoms with Gasteiger partial charge in [-0.15, -0.1) is 0 Å². The number of carboxylic acids is 1. The summed E-state index contributed by atoms with van der Waals surface area (Å²) in [5.41, 5.74) is -0.0185. The molecular weight excluding hydrogens is 383 g/mol. The maximum absolute atomic E-state index is 12.3. The average Bonchev–Trinajstić information content (AvgIpc) is 3.30. The molecule has 11 heteroatoms. The van der Waals surface area contributed by atoms with Crippen LogP contribution in [0.4, 0.5) is 0 Å². The van der Waals surface area contributed by atoms with Crippen LogP contribution in [-0.4, -0.2) is 87.1 Å². The number of rotatable bonds is 6. The number of hydrogen-bond acceptors (Lipinski definition) is 8. The normalized spacial score (nSPS) is 28.7. The van der Waals surface area contributed by atoms with Crippen LogP contribution in [0.1, 0.15) is 34.7 Å². The molecule has 0 bridgehead atoms. The number of β-amino-alcohol motifs (C(OH)–C–C–N with tert-alkyl or cyclic N) is 1. The molecule has 3 aliphatic rings. The largest absolute Gasteiger partial charge is 0.507 e. The van der Waals surface area contributed by atoms with Crippen LogP contribution in [0.15, 0.2) is 12.1 Å². The van der Waals surface area contributed by atoms with Crippen LogP contribution in [-0.2, 0) is 4.79 Å². The summed E-state index contributed by atoms with van der Waals surface area (Å²) in [6.07, 6.45) is -0.116. The fourth-order valence-electron chi connectivity index (χ4n) is 4.09. The molecule has 6 N–H and O–H groups in total. The highest BCUT2D eigenvalue weighted by Crippen LogP contribution is 2.56. The number of hydrogen-bond donors (Lipinski definition) is 6. The minimum absolute atomic E-state index is 0.00649. The number of benzene rings is 1. The van der Waals surface area contributed by atoms with Crippen molar-refractivity contribution in [1.29, 1.82) is 0 Å². The Morgan fingerprint density at radius 2 is 1.93 bits per heavy atom. The maximum Gasteiger partial charge on any atom is 0.455 e. The van der Waals surface area contributed by atoms with E-state index in [1.54, 1.807) is 4.90 Å². The van der Waals surface area contributed by atoms with E-state index in [4.69, 9.17) is 4.74 Å². The molecule has 2 saturated heterocycles. The van der Waals surface area contributed by atoms with Gasteiger partial charge < -0.3 is 40.3 Å². The minimum atomic E-state index is -1.52. The van der Waals surface area contributed by atoms with E-state index >= 15 is 0 Å². The third-order valence-corrected chi connectivity index (χ3v) is 5.87. The van der Waals surface area contributed by atoms with Gasteiger partial charge in [0.1, 0.15) is 23.2 Å². The monoisotopic (exact) mass is 406 g/mol. The molecule has 2 heterocycles. The fraction of sp³-hybridized carbons (Fsp3) is 0.556. The lowest BCUT2D eigenvalue weighted by atomic mass is 9.81. The number of phenols is 1. The molecule has 1 aromatic carbocycles. The van der Waals surface area contributed by atoms with Crippen LogP contribution in [0.25, 0.3) is 0 Å². The Balaban J connectivity index is 1.41. The van der Waals surface area contributed by atoms with E-state index in [0.717, 1.165) is 0 Å². The van der Waals surface area contributed by atoms with Crippen molar-refractivity contribution in [2.75, 3.05) is 19.6 Å². The number of amides is 1. The average molecular weight is 406 g/mol. The van der Waals surface area contributed by atoms with Gasteiger partial charge in [-0.05, 0) is 30.4 Å². The van der Waals surface area contributed by atoms with Crippen molar-refractivity contribution in [2.24, 2.45) is 0 Å². The zero-order chi connectivity index (χ0) is 20.9. The molecule has 3 fully saturated rings. The van der Waals surface area contributed by atoms with Crippen molar-refractivity contribution in [3.05, 3.63) is 23.3 Å². The molecule has 156 valence electrons. The van der Waals surface area contributed by atoms with E-state index in [1.807, 2.05) is 0 Å². The van der Waals surface area contributed by atoms with E-state index in [0.29, 0.717) is 24.9 Å². The summed E-state index contributed by atoms with van der Waals surface area (Å²) < 4.78 is 5.71. The number of ether oxygens (including phenoxy) is 1. The third kappa shape index (κ3) is 3.78. The number of aliphatic hydroxyl groups excluding tert-OH is 1. The first-order chi connectivity index (χ1) is 13.8. The van der Waals surface area contributed by atoms with Crippen LogP contribution >= 0.6 is 0 Å². The van der Waals surface area contributed by atoms with E-state index in [-0.39, 0.29) is 36.2 Å². The molecular formula is C18H23BN2O8. The molecule has 1 amide bonds. The quantitative estimate of drug-likeness (QED) is 0.317. The molecule has 1 aliphatic carbocycles. The maximum atomic E-state index is 12.3. The Morgan fingerprint density at radius 3 is 2.48 bits per heavy atom. The van der Waals surface area contributed by atoms with Gasteiger partial charge >= 0.3 is 13.1 Å². The van der Waals surface area contributed by atoms with Crippen LogP contribution in [0.3, 0.4) is 0 Å². The lowest BCUT2D eigenvalue weighted by Gasteiger charge is -2.40. The predicted octanol–water partition coefficient (Wildman–Crippen LogP) is -1.27. The second-order valence-corrected chi connectivity index (χ2v) is 7.93. The molecule has 10 nitrogen and oxygen atoms in total. The van der Waals surface area contributed by atoms with E-state index in [2.05, 4.69) is 5.32 Å². The molecule has 2 unspecified atom stereocenters. The molecule has 0 spiro atoms. The molecule has 0 radical (unpaired) electrons. The second-order valence-electron chi connectivity index (χ2n) is 7.93. The number of carboxylic acid groups (broad SMARTS) is 1. The lowest BCUT2D eigenvalue weighted by Crippen LogP contribution is -2.59. The lowest BCUT2D eigenvalue weighted by molar-refractivity contribution is -0.142. The van der Waals surface area contributed by atoms with Gasteiger partial charge in [-0.2, -0.15) is 0 Å². The first-order valence-electron chi connectivity index (χ1n) is 9.58. The zero-order valence-corrected chi connectivity index (χ0v) is 15.6. The number of aromatic carboxylic acids is 1. The first-order valence-corrected chi connectivity index (χ1v) is 9.58. The number of nitrogens with zero attached hydrogens (tertiary/aromatic N) is 1. The first kappa shape index (κ1) is 20.0. The van der Waals surface area contributed by atoms with Crippen LogP contribution in [0.5, 0.6) is 11.5 Å². The van der Waals surface area contributed by atoms with Gasteiger partial charge in [0, 0.05) is 12.4 Å². The molecule has 1 aromatic rings. The van der Waals surface area contributed by atoms with Crippen LogP contribution in [0.2, 0.25) is 5.82 Å². The SMILES string of the molecule is O=C(O)c1c(OC2CN(C(=O)C3CC(O)CN3)C2)ccc([C@@H]2C[C@@H]2B(O)O)c1O. The van der Waals surface area contributed by atoms with Crippen molar-refractivity contribution in [3.63, 3.8) is 0 Å². The third-order valence-electron chi connectivity index (χ3n) is 5.87. The molecule has 0 aromatic heterocycles. The summed E-state index contributed by atoms with van der Waals surface area (Å²) in [5.74, 6) is -2.64. The molecule has 2 aliphatic heterocycles. The second kappa shape index (κ2) is 7.49. The van der Waals surface area contributed by atoms with Gasteiger partial charge in [0.15, 0.2) is 0 Å². The molecule has 29 heavy (non-hydrogen) atoms. The smallest absolute Gasteiger partial charge is 0.455 e. The minimum Gasteiger partial charge on any atom is -0.507 e. The van der Waals surface area contributed by atoms with E-state index < -0.39 is 42.9 Å². The number of likely N-dealkylation sites (tertiary alicyclic amines) is 1. The van der Waals surface area contributed by atoms with Crippen LogP contribution in [0, 0.1) is 0 Å². The predicted molar refractivity (Wildman–Crippen MR) is 99.8 cm³/mol. The number of nitrogens with one attached hydrogen (secondary N) is 1. The summed E-state index contributed by atoms with van der Waals surface area (Å²) in [5, 5.41) is 51.0. The van der Waals surface area contributed by atoms with Gasteiger partial charge in [0.25, 0.3) is 0 Å². The van der Waals surface area contributed by atoms with Crippen molar-refractivity contribution >= 4 is 19.0 Å². The molecule has 4 rings (SSSR count). The topological polar surface area (TPSA) is 160 Å². The van der Waals surface area contributed by atoms with E-state index in [1.165, 1.54) is 12.1 Å². The van der Waals surface area contributed by atoms with Crippen molar-refractivity contribution in [1.82, 2.24) is 10.2 Å². The summed E-state index contributed by atoms with van der Waals surface area (Å²) in [6, 6.07) is 2.57. The Bertz CT molecular complexity index is 828. The number of aliphatic hydroxyl groups is 1. The molecule has 4 atom stereocenters. The van der Waals surface area contributed by atoms with Crippen molar-refractivity contribution in [3.8, 4) is 11.5 Å². The zero-order valence-electron chi connectivity index (χ0n) is 15.6.